The summed E-state index contributed by atoms with van der Waals surface area (Å²) in [5, 5.41) is 4.01. The molecule has 4 nitrogen and oxygen atoms in total. The van der Waals surface area contributed by atoms with Crippen molar-refractivity contribution in [1.29, 1.82) is 0 Å². The van der Waals surface area contributed by atoms with Gasteiger partial charge in [-0.2, -0.15) is 0 Å². The molecular weight excluding hydrogens is 312 g/mol. The van der Waals surface area contributed by atoms with E-state index >= 15 is 0 Å². The highest BCUT2D eigenvalue weighted by Gasteiger charge is 2.14. The Morgan fingerprint density at radius 2 is 2.00 bits per heavy atom. The third-order valence-electron chi connectivity index (χ3n) is 4.24. The van der Waals surface area contributed by atoms with Crippen molar-refractivity contribution in [3.05, 3.63) is 65.9 Å². The lowest BCUT2D eigenvalue weighted by Gasteiger charge is -2.13. The first-order valence-corrected chi connectivity index (χ1v) is 8.55. The minimum absolute atomic E-state index is 0.136. The lowest BCUT2D eigenvalue weighted by atomic mass is 10.0. The summed E-state index contributed by atoms with van der Waals surface area (Å²) >= 11 is 0. The number of hydrogen-bond donors (Lipinski definition) is 1. The van der Waals surface area contributed by atoms with E-state index in [0.29, 0.717) is 17.0 Å². The number of pyridine rings is 1. The van der Waals surface area contributed by atoms with E-state index in [9.17, 15) is 4.79 Å². The van der Waals surface area contributed by atoms with Crippen LogP contribution in [0.15, 0.2) is 54.7 Å². The number of aromatic nitrogens is 1. The minimum atomic E-state index is -0.136. The van der Waals surface area contributed by atoms with Crippen LogP contribution in [0.3, 0.4) is 0 Å². The zero-order valence-corrected chi connectivity index (χ0v) is 14.6. The molecule has 0 spiro atoms. The number of rotatable bonds is 6. The molecule has 0 saturated heterocycles. The van der Waals surface area contributed by atoms with Crippen molar-refractivity contribution in [2.24, 2.45) is 0 Å². The maximum Gasteiger partial charge on any atom is 0.256 e. The van der Waals surface area contributed by atoms with Gasteiger partial charge in [0, 0.05) is 17.1 Å². The molecule has 0 bridgehead atoms. The zero-order chi connectivity index (χ0) is 17.6. The molecule has 2 aromatic carbocycles. The molecule has 1 aromatic heterocycles. The number of carbonyl (C=O) groups is 1. The van der Waals surface area contributed by atoms with Crippen molar-refractivity contribution in [2.45, 2.75) is 26.2 Å². The molecule has 0 aliphatic carbocycles. The summed E-state index contributed by atoms with van der Waals surface area (Å²) < 4.78 is 5.29. The second-order valence-corrected chi connectivity index (χ2v) is 5.96. The number of unbranched alkanes of at least 4 members (excludes halogenated alkanes) is 1. The number of ether oxygens (including phenoxy) is 1. The molecule has 0 aliphatic heterocycles. The number of hydrogen-bond acceptors (Lipinski definition) is 3. The van der Waals surface area contributed by atoms with E-state index in [-0.39, 0.29) is 5.91 Å². The molecular formula is C21H22N2O2. The van der Waals surface area contributed by atoms with Crippen LogP contribution in [-0.4, -0.2) is 18.0 Å². The second-order valence-electron chi connectivity index (χ2n) is 5.96. The van der Waals surface area contributed by atoms with Gasteiger partial charge in [0.2, 0.25) is 0 Å². The van der Waals surface area contributed by atoms with Gasteiger partial charge in [-0.1, -0.05) is 37.6 Å². The molecule has 3 aromatic rings. The highest BCUT2D eigenvalue weighted by atomic mass is 16.5. The van der Waals surface area contributed by atoms with Crippen LogP contribution in [0.5, 0.6) is 5.75 Å². The highest BCUT2D eigenvalue weighted by molar-refractivity contribution is 6.09. The van der Waals surface area contributed by atoms with Crippen molar-refractivity contribution >= 4 is 22.5 Å². The largest absolute Gasteiger partial charge is 0.497 e. The van der Waals surface area contributed by atoms with Crippen LogP contribution in [0.25, 0.3) is 10.9 Å². The van der Waals surface area contributed by atoms with Gasteiger partial charge in [-0.25, -0.2) is 0 Å². The molecule has 1 amide bonds. The summed E-state index contributed by atoms with van der Waals surface area (Å²) in [4.78, 5) is 17.3. The third kappa shape index (κ3) is 3.79. The Morgan fingerprint density at radius 3 is 2.80 bits per heavy atom. The number of amides is 1. The fourth-order valence-electron chi connectivity index (χ4n) is 2.87. The lowest BCUT2D eigenvalue weighted by molar-refractivity contribution is 0.102. The number of carbonyl (C=O) groups excluding carboxylic acids is 1. The normalized spacial score (nSPS) is 10.6. The predicted octanol–water partition coefficient (Wildman–Crippen LogP) is 4.84. The van der Waals surface area contributed by atoms with Gasteiger partial charge < -0.3 is 10.1 Å². The van der Waals surface area contributed by atoms with Crippen molar-refractivity contribution < 1.29 is 9.53 Å². The lowest BCUT2D eigenvalue weighted by Crippen LogP contribution is -2.15. The quantitative estimate of drug-likeness (QED) is 0.702. The Bertz CT molecular complexity index is 885. The fourth-order valence-corrected chi connectivity index (χ4v) is 2.87. The fraction of sp³-hybridized carbons (Fsp3) is 0.238. The average molecular weight is 334 g/mol. The number of anilines is 1. The van der Waals surface area contributed by atoms with E-state index in [1.165, 1.54) is 0 Å². The van der Waals surface area contributed by atoms with E-state index in [4.69, 9.17) is 4.74 Å². The Labute approximate surface area is 147 Å². The Kier molecular flexibility index (Phi) is 5.29. The number of nitrogens with zero attached hydrogens (tertiary/aromatic N) is 1. The molecule has 1 heterocycles. The molecule has 3 rings (SSSR count). The van der Waals surface area contributed by atoms with Crippen LogP contribution in [0.1, 0.15) is 35.7 Å². The smallest absolute Gasteiger partial charge is 0.256 e. The molecule has 1 N–H and O–H groups in total. The van der Waals surface area contributed by atoms with E-state index in [1.807, 2.05) is 42.5 Å². The first kappa shape index (κ1) is 17.0. The molecule has 0 atom stereocenters. The minimum Gasteiger partial charge on any atom is -0.497 e. The summed E-state index contributed by atoms with van der Waals surface area (Å²) in [5.74, 6) is 0.546. The molecule has 25 heavy (non-hydrogen) atoms. The first-order chi connectivity index (χ1) is 12.2. The van der Waals surface area contributed by atoms with Gasteiger partial charge in [-0.15, -0.1) is 0 Å². The zero-order valence-electron chi connectivity index (χ0n) is 14.6. The van der Waals surface area contributed by atoms with Crippen LogP contribution in [0, 0.1) is 0 Å². The predicted molar refractivity (Wildman–Crippen MR) is 101 cm³/mol. The summed E-state index contributed by atoms with van der Waals surface area (Å²) in [5.41, 5.74) is 3.19. The summed E-state index contributed by atoms with van der Waals surface area (Å²) in [6.45, 7) is 2.14. The third-order valence-corrected chi connectivity index (χ3v) is 4.24. The molecule has 128 valence electrons. The van der Waals surface area contributed by atoms with Gasteiger partial charge >= 0.3 is 0 Å². The maximum absolute atomic E-state index is 12.9. The Morgan fingerprint density at radius 1 is 1.16 bits per heavy atom. The van der Waals surface area contributed by atoms with Gasteiger partial charge in [-0.05, 0) is 42.7 Å². The summed E-state index contributed by atoms with van der Waals surface area (Å²) in [6, 6.07) is 15.3. The van der Waals surface area contributed by atoms with Gasteiger partial charge in [0.1, 0.15) is 5.75 Å². The summed E-state index contributed by atoms with van der Waals surface area (Å²) in [7, 11) is 1.61. The number of methoxy groups -OCH3 is 1. The monoisotopic (exact) mass is 334 g/mol. The molecule has 0 fully saturated rings. The first-order valence-electron chi connectivity index (χ1n) is 8.55. The Balaban J connectivity index is 1.94. The van der Waals surface area contributed by atoms with Gasteiger partial charge in [0.15, 0.2) is 0 Å². The van der Waals surface area contributed by atoms with Crippen molar-refractivity contribution in [3.8, 4) is 5.75 Å². The van der Waals surface area contributed by atoms with E-state index in [1.54, 1.807) is 19.4 Å². The van der Waals surface area contributed by atoms with Crippen molar-refractivity contribution in [3.63, 3.8) is 0 Å². The number of nitrogens with one attached hydrogen (secondary N) is 1. The van der Waals surface area contributed by atoms with Gasteiger partial charge in [0.05, 0.1) is 18.3 Å². The highest BCUT2D eigenvalue weighted by Crippen LogP contribution is 2.24. The molecule has 0 aliphatic rings. The van der Waals surface area contributed by atoms with Gasteiger partial charge in [0.25, 0.3) is 5.91 Å². The van der Waals surface area contributed by atoms with E-state index in [2.05, 4.69) is 17.2 Å². The second kappa shape index (κ2) is 7.79. The van der Waals surface area contributed by atoms with Crippen LogP contribution < -0.4 is 10.1 Å². The van der Waals surface area contributed by atoms with Crippen LogP contribution >= 0.6 is 0 Å². The van der Waals surface area contributed by atoms with Crippen LogP contribution in [0.4, 0.5) is 5.69 Å². The average Bonchev–Trinajstić information content (AvgIpc) is 2.66. The standard InChI is InChI=1S/C21H22N2O2/c1-3-4-7-15-11-12-17(25-2)14-18(15)21(24)23-19-10-5-8-16-9-6-13-22-20(16)19/h5-6,8-14H,3-4,7H2,1-2H3,(H,23,24). The molecule has 4 heteroatoms. The summed E-state index contributed by atoms with van der Waals surface area (Å²) in [6.07, 6.45) is 4.73. The number of para-hydroxylation sites is 1. The number of benzene rings is 2. The Hall–Kier alpha value is -2.88. The maximum atomic E-state index is 12.9. The van der Waals surface area contributed by atoms with E-state index < -0.39 is 0 Å². The molecule has 0 unspecified atom stereocenters. The number of aryl methyl sites for hydroxylation is 1. The topological polar surface area (TPSA) is 51.2 Å². The molecule has 0 saturated carbocycles. The molecule has 0 radical (unpaired) electrons. The van der Waals surface area contributed by atoms with E-state index in [0.717, 1.165) is 35.7 Å². The van der Waals surface area contributed by atoms with Crippen LogP contribution in [-0.2, 0) is 6.42 Å². The SMILES string of the molecule is CCCCc1ccc(OC)cc1C(=O)Nc1cccc2cccnc12. The van der Waals surface area contributed by atoms with Gasteiger partial charge in [-0.3, -0.25) is 9.78 Å². The number of fused-ring (bicyclic) bond motifs is 1. The van der Waals surface area contributed by atoms with Crippen molar-refractivity contribution in [2.75, 3.05) is 12.4 Å². The van der Waals surface area contributed by atoms with Crippen LogP contribution in [0.2, 0.25) is 0 Å². The van der Waals surface area contributed by atoms with Crippen molar-refractivity contribution in [1.82, 2.24) is 4.98 Å².